The van der Waals surface area contributed by atoms with Crippen LogP contribution in [0.1, 0.15) is 36.0 Å². The number of amides is 1. The van der Waals surface area contributed by atoms with Gasteiger partial charge in [-0.05, 0) is 43.9 Å². The second-order valence-corrected chi connectivity index (χ2v) is 10.7. The van der Waals surface area contributed by atoms with Gasteiger partial charge in [0.05, 0.1) is 12.4 Å². The number of halogens is 1. The van der Waals surface area contributed by atoms with Crippen LogP contribution >= 0.6 is 0 Å². The molecule has 3 aromatic rings. The smallest absolute Gasteiger partial charge is 0.254 e. The number of hydrogen-bond acceptors (Lipinski definition) is 8. The minimum atomic E-state index is -0.404. The molecule has 11 heteroatoms. The summed E-state index contributed by atoms with van der Waals surface area (Å²) in [5.41, 5.74) is 1.98. The number of aryl methyl sites for hydroxylation is 1. The Labute approximate surface area is 221 Å². The standard InChI is InChI=1S/C27H35FN8O2/c1-32-18-29-24-23(32)25(33-11-6-21(7-12-33)36-13-8-22(37)17-36)31-27(30-24)35-10-3-9-34(14-15-35)26(38)19-4-2-5-20(28)16-19/h2,4-5,16,18,21-22,37H,3,6-15,17H2,1H3. The van der Waals surface area contributed by atoms with E-state index in [1.54, 1.807) is 23.4 Å². The zero-order valence-electron chi connectivity index (χ0n) is 21.8. The summed E-state index contributed by atoms with van der Waals surface area (Å²) in [6.45, 7) is 5.98. The van der Waals surface area contributed by atoms with E-state index in [0.29, 0.717) is 42.8 Å². The van der Waals surface area contributed by atoms with E-state index in [1.807, 2.05) is 11.6 Å². The van der Waals surface area contributed by atoms with E-state index in [4.69, 9.17) is 9.97 Å². The highest BCUT2D eigenvalue weighted by atomic mass is 19.1. The molecule has 1 unspecified atom stereocenters. The summed E-state index contributed by atoms with van der Waals surface area (Å²) in [6, 6.07) is 6.38. The van der Waals surface area contributed by atoms with Crippen molar-refractivity contribution in [2.75, 3.05) is 62.2 Å². The normalized spacial score (nSPS) is 21.9. The molecule has 3 aliphatic rings. The molecule has 1 amide bonds. The summed E-state index contributed by atoms with van der Waals surface area (Å²) in [6.07, 6.45) is 5.30. The molecule has 1 atom stereocenters. The lowest BCUT2D eigenvalue weighted by Gasteiger charge is -2.37. The lowest BCUT2D eigenvalue weighted by molar-refractivity contribution is 0.0766. The van der Waals surface area contributed by atoms with E-state index in [-0.39, 0.29) is 12.0 Å². The van der Waals surface area contributed by atoms with Crippen LogP contribution < -0.4 is 9.80 Å². The second-order valence-electron chi connectivity index (χ2n) is 10.7. The molecule has 5 heterocycles. The van der Waals surface area contributed by atoms with Crippen molar-refractivity contribution >= 4 is 28.8 Å². The molecule has 6 rings (SSSR count). The zero-order chi connectivity index (χ0) is 26.2. The highest BCUT2D eigenvalue weighted by molar-refractivity contribution is 5.94. The molecule has 3 saturated heterocycles. The number of benzene rings is 1. The average molecular weight is 523 g/mol. The first-order chi connectivity index (χ1) is 18.5. The monoisotopic (exact) mass is 522 g/mol. The first-order valence-electron chi connectivity index (χ1n) is 13.6. The van der Waals surface area contributed by atoms with Gasteiger partial charge in [-0.1, -0.05) is 6.07 Å². The van der Waals surface area contributed by atoms with Gasteiger partial charge in [0.25, 0.3) is 5.91 Å². The number of anilines is 2. The van der Waals surface area contributed by atoms with Gasteiger partial charge < -0.3 is 24.4 Å². The van der Waals surface area contributed by atoms with Crippen molar-refractivity contribution in [3.63, 3.8) is 0 Å². The van der Waals surface area contributed by atoms with E-state index in [2.05, 4.69) is 19.7 Å². The first kappa shape index (κ1) is 25.0. The van der Waals surface area contributed by atoms with Crippen LogP contribution in [0.2, 0.25) is 0 Å². The summed E-state index contributed by atoms with van der Waals surface area (Å²) in [7, 11) is 1.97. The molecule has 3 aliphatic heterocycles. The van der Waals surface area contributed by atoms with E-state index in [1.165, 1.54) is 12.1 Å². The fourth-order valence-electron chi connectivity index (χ4n) is 6.05. The fourth-order valence-corrected chi connectivity index (χ4v) is 6.05. The van der Waals surface area contributed by atoms with Gasteiger partial charge >= 0.3 is 0 Å². The number of carbonyl (C=O) groups excluding carboxylic acids is 1. The van der Waals surface area contributed by atoms with Crippen LogP contribution in [-0.2, 0) is 7.05 Å². The minimum absolute atomic E-state index is 0.151. The zero-order valence-corrected chi connectivity index (χ0v) is 21.8. The number of aliphatic hydroxyl groups excluding tert-OH is 1. The molecule has 202 valence electrons. The third-order valence-electron chi connectivity index (χ3n) is 8.15. The number of hydrogen-bond donors (Lipinski definition) is 1. The van der Waals surface area contributed by atoms with Crippen molar-refractivity contribution in [2.24, 2.45) is 7.05 Å². The number of fused-ring (bicyclic) bond motifs is 1. The largest absolute Gasteiger partial charge is 0.392 e. The third kappa shape index (κ3) is 4.92. The van der Waals surface area contributed by atoms with Crippen molar-refractivity contribution in [3.8, 4) is 0 Å². The summed E-state index contributed by atoms with van der Waals surface area (Å²) in [4.78, 5) is 36.1. The molecule has 0 saturated carbocycles. The first-order valence-corrected chi connectivity index (χ1v) is 13.6. The van der Waals surface area contributed by atoms with E-state index >= 15 is 0 Å². The molecule has 0 radical (unpaired) electrons. The molecule has 38 heavy (non-hydrogen) atoms. The number of imidazole rings is 1. The SMILES string of the molecule is Cn1cnc2nc(N3CCCN(C(=O)c4cccc(F)c4)CC3)nc(N3CCC(N4CCC(O)C4)CC3)c21. The molecule has 1 aromatic carbocycles. The van der Waals surface area contributed by atoms with Gasteiger partial charge in [-0.3, -0.25) is 9.69 Å². The average Bonchev–Trinajstić information content (AvgIpc) is 3.44. The highest BCUT2D eigenvalue weighted by Gasteiger charge is 2.32. The second kappa shape index (κ2) is 10.5. The van der Waals surface area contributed by atoms with Crippen LogP contribution in [0.25, 0.3) is 11.2 Å². The molecule has 0 aliphatic carbocycles. The number of aliphatic hydroxyl groups is 1. The molecular formula is C27H35FN8O2. The van der Waals surface area contributed by atoms with Gasteiger partial charge in [0.2, 0.25) is 5.95 Å². The molecule has 0 spiro atoms. The minimum Gasteiger partial charge on any atom is -0.392 e. The Bertz CT molecular complexity index is 1310. The van der Waals surface area contributed by atoms with Crippen LogP contribution in [-0.4, -0.2) is 105 Å². The van der Waals surface area contributed by atoms with Gasteiger partial charge in [0.1, 0.15) is 11.3 Å². The quantitative estimate of drug-likeness (QED) is 0.555. The van der Waals surface area contributed by atoms with Gasteiger partial charge in [0.15, 0.2) is 11.5 Å². The number of carbonyl (C=O) groups is 1. The molecule has 1 N–H and O–H groups in total. The van der Waals surface area contributed by atoms with E-state index in [0.717, 1.165) is 69.7 Å². The maximum atomic E-state index is 13.7. The van der Waals surface area contributed by atoms with E-state index in [9.17, 15) is 14.3 Å². The molecule has 2 aromatic heterocycles. The number of piperidine rings is 1. The Morgan fingerprint density at radius 3 is 2.61 bits per heavy atom. The third-order valence-corrected chi connectivity index (χ3v) is 8.15. The fraction of sp³-hybridized carbons (Fsp3) is 0.556. The van der Waals surface area contributed by atoms with Crippen LogP contribution in [0.4, 0.5) is 16.2 Å². The number of aromatic nitrogens is 4. The van der Waals surface area contributed by atoms with Crippen LogP contribution in [0.3, 0.4) is 0 Å². The maximum absolute atomic E-state index is 13.7. The van der Waals surface area contributed by atoms with Crippen molar-refractivity contribution in [1.29, 1.82) is 0 Å². The number of β-amino-alcohol motifs (C(OH)–C–C–N with tert-alkyl or cyclic N) is 1. The Hall–Kier alpha value is -3.31. The summed E-state index contributed by atoms with van der Waals surface area (Å²) >= 11 is 0. The summed E-state index contributed by atoms with van der Waals surface area (Å²) in [5, 5.41) is 9.96. The van der Waals surface area contributed by atoms with Crippen LogP contribution in [0.15, 0.2) is 30.6 Å². The Morgan fingerprint density at radius 1 is 1.00 bits per heavy atom. The van der Waals surface area contributed by atoms with Crippen molar-refractivity contribution in [3.05, 3.63) is 42.0 Å². The maximum Gasteiger partial charge on any atom is 0.254 e. The van der Waals surface area contributed by atoms with Crippen LogP contribution in [0, 0.1) is 5.82 Å². The molecule has 0 bridgehead atoms. The van der Waals surface area contributed by atoms with Crippen molar-refractivity contribution in [2.45, 2.75) is 37.8 Å². The number of nitrogens with zero attached hydrogens (tertiary/aromatic N) is 8. The van der Waals surface area contributed by atoms with Crippen molar-refractivity contribution < 1.29 is 14.3 Å². The van der Waals surface area contributed by atoms with Gasteiger partial charge in [-0.2, -0.15) is 9.97 Å². The van der Waals surface area contributed by atoms with Crippen LogP contribution in [0.5, 0.6) is 0 Å². The van der Waals surface area contributed by atoms with Gasteiger partial charge in [-0.15, -0.1) is 0 Å². The molecular weight excluding hydrogens is 487 g/mol. The predicted octanol–water partition coefficient (Wildman–Crippen LogP) is 1.89. The lowest BCUT2D eigenvalue weighted by atomic mass is 10.0. The van der Waals surface area contributed by atoms with Gasteiger partial charge in [0, 0.05) is 71.0 Å². The molecule has 10 nitrogen and oxygen atoms in total. The highest BCUT2D eigenvalue weighted by Crippen LogP contribution is 2.30. The lowest BCUT2D eigenvalue weighted by Crippen LogP contribution is -2.45. The number of likely N-dealkylation sites (tertiary alicyclic amines) is 1. The van der Waals surface area contributed by atoms with Crippen molar-refractivity contribution in [1.82, 2.24) is 29.3 Å². The number of rotatable bonds is 4. The Morgan fingerprint density at radius 2 is 1.84 bits per heavy atom. The summed E-state index contributed by atoms with van der Waals surface area (Å²) < 4.78 is 15.7. The van der Waals surface area contributed by atoms with E-state index < -0.39 is 5.82 Å². The topological polar surface area (TPSA) is 93.9 Å². The molecule has 3 fully saturated rings. The Balaban J connectivity index is 1.19. The van der Waals surface area contributed by atoms with Gasteiger partial charge in [-0.25, -0.2) is 9.37 Å². The Kier molecular flexibility index (Phi) is 6.87. The summed E-state index contributed by atoms with van der Waals surface area (Å²) in [5.74, 6) is 0.985. The predicted molar refractivity (Wildman–Crippen MR) is 143 cm³/mol.